The molecule has 32 heavy (non-hydrogen) atoms. The van der Waals surface area contributed by atoms with Gasteiger partial charge in [-0.25, -0.2) is 5.43 Å². The molecule has 0 aliphatic carbocycles. The number of hydrogen-bond donors (Lipinski definition) is 1. The third kappa shape index (κ3) is 5.54. The average Bonchev–Trinajstić information content (AvgIpc) is 3.48. The van der Waals surface area contributed by atoms with Crippen molar-refractivity contribution < 1.29 is 9.21 Å². The molecule has 160 valence electrons. The molecule has 2 heterocycles. The number of halogens is 1. The number of furan rings is 1. The van der Waals surface area contributed by atoms with Crippen molar-refractivity contribution in [2.24, 2.45) is 5.10 Å². The Morgan fingerprint density at radius 3 is 2.66 bits per heavy atom. The summed E-state index contributed by atoms with van der Waals surface area (Å²) in [5, 5.41) is 13.8. The summed E-state index contributed by atoms with van der Waals surface area (Å²) in [7, 11) is 0. The van der Waals surface area contributed by atoms with Crippen LogP contribution in [0.15, 0.2) is 93.7 Å². The lowest BCUT2D eigenvalue weighted by molar-refractivity contribution is -0.118. The van der Waals surface area contributed by atoms with Crippen molar-refractivity contribution in [1.29, 1.82) is 0 Å². The van der Waals surface area contributed by atoms with Gasteiger partial charge in [0.25, 0.3) is 5.91 Å². The summed E-state index contributed by atoms with van der Waals surface area (Å²) >= 11 is 7.30. The standard InChI is InChI=1S/C23H18ClN5O2S/c24-18-12-10-17(11-13-18)22-27-28-23(29(22)19-6-2-1-3-7-19)32-16-21(30)26-25-14-4-8-20-9-5-15-31-20/h1-15H,16H2,(H,26,30)/b8-4+,25-14-. The molecule has 4 aromatic rings. The number of nitrogens with zero attached hydrogens (tertiary/aromatic N) is 4. The fourth-order valence-electron chi connectivity index (χ4n) is 2.80. The molecule has 0 saturated carbocycles. The van der Waals surface area contributed by atoms with Gasteiger partial charge >= 0.3 is 0 Å². The summed E-state index contributed by atoms with van der Waals surface area (Å²) in [6.07, 6.45) is 6.49. The Morgan fingerprint density at radius 2 is 1.91 bits per heavy atom. The van der Waals surface area contributed by atoms with E-state index in [0.717, 1.165) is 11.3 Å². The predicted molar refractivity (Wildman–Crippen MR) is 127 cm³/mol. The van der Waals surface area contributed by atoms with Crippen molar-refractivity contribution in [3.8, 4) is 17.1 Å². The van der Waals surface area contributed by atoms with Crippen LogP contribution in [-0.2, 0) is 4.79 Å². The summed E-state index contributed by atoms with van der Waals surface area (Å²) in [6, 6.07) is 20.7. The molecule has 1 amide bonds. The number of para-hydroxylation sites is 1. The maximum Gasteiger partial charge on any atom is 0.250 e. The molecule has 0 aliphatic heterocycles. The van der Waals surface area contributed by atoms with Crippen molar-refractivity contribution in [1.82, 2.24) is 20.2 Å². The first-order valence-corrected chi connectivity index (χ1v) is 11.0. The minimum atomic E-state index is -0.256. The van der Waals surface area contributed by atoms with E-state index in [2.05, 4.69) is 20.7 Å². The normalized spacial score (nSPS) is 11.4. The largest absolute Gasteiger partial charge is 0.465 e. The maximum absolute atomic E-state index is 12.2. The topological polar surface area (TPSA) is 85.3 Å². The van der Waals surface area contributed by atoms with Crippen LogP contribution in [0.25, 0.3) is 23.2 Å². The van der Waals surface area contributed by atoms with Crippen LogP contribution in [0.2, 0.25) is 5.02 Å². The highest BCUT2D eigenvalue weighted by atomic mass is 35.5. The first-order chi connectivity index (χ1) is 15.7. The quantitative estimate of drug-likeness (QED) is 0.223. The second kappa shape index (κ2) is 10.6. The zero-order valence-corrected chi connectivity index (χ0v) is 18.3. The number of benzene rings is 2. The van der Waals surface area contributed by atoms with Crippen LogP contribution in [0.3, 0.4) is 0 Å². The number of thioether (sulfide) groups is 1. The van der Waals surface area contributed by atoms with Gasteiger partial charge in [-0.3, -0.25) is 9.36 Å². The van der Waals surface area contributed by atoms with E-state index in [9.17, 15) is 4.79 Å². The van der Waals surface area contributed by atoms with E-state index in [-0.39, 0.29) is 11.7 Å². The van der Waals surface area contributed by atoms with Gasteiger partial charge in [0.2, 0.25) is 0 Å². The van der Waals surface area contributed by atoms with Crippen molar-refractivity contribution >= 4 is 41.6 Å². The highest BCUT2D eigenvalue weighted by Crippen LogP contribution is 2.28. The number of carbonyl (C=O) groups is 1. The molecule has 0 atom stereocenters. The van der Waals surface area contributed by atoms with Crippen LogP contribution in [0.4, 0.5) is 0 Å². The lowest BCUT2D eigenvalue weighted by atomic mass is 10.2. The monoisotopic (exact) mass is 463 g/mol. The molecule has 2 aromatic heterocycles. The van der Waals surface area contributed by atoms with Crippen LogP contribution in [-0.4, -0.2) is 32.6 Å². The van der Waals surface area contributed by atoms with Gasteiger partial charge in [-0.15, -0.1) is 10.2 Å². The minimum Gasteiger partial charge on any atom is -0.465 e. The van der Waals surface area contributed by atoms with Crippen LogP contribution < -0.4 is 5.43 Å². The smallest absolute Gasteiger partial charge is 0.250 e. The Bertz CT molecular complexity index is 1220. The predicted octanol–water partition coefficient (Wildman–Crippen LogP) is 5.09. The number of rotatable bonds is 8. The fraction of sp³-hybridized carbons (Fsp3) is 0.0435. The Kier molecular flexibility index (Phi) is 7.16. The van der Waals surface area contributed by atoms with E-state index in [0.29, 0.717) is 21.8 Å². The summed E-state index contributed by atoms with van der Waals surface area (Å²) < 4.78 is 7.09. The maximum atomic E-state index is 12.2. The Balaban J connectivity index is 1.45. The first-order valence-electron chi connectivity index (χ1n) is 9.62. The summed E-state index contributed by atoms with van der Waals surface area (Å²) in [5.74, 6) is 1.24. The molecule has 0 bridgehead atoms. The third-order valence-electron chi connectivity index (χ3n) is 4.24. The van der Waals surface area contributed by atoms with Crippen LogP contribution in [0.1, 0.15) is 5.76 Å². The number of carbonyl (C=O) groups excluding carboxylic acids is 1. The molecule has 0 aliphatic rings. The van der Waals surface area contributed by atoms with Crippen LogP contribution >= 0.6 is 23.4 Å². The van der Waals surface area contributed by atoms with Gasteiger partial charge in [0, 0.05) is 22.5 Å². The number of aromatic nitrogens is 3. The molecular weight excluding hydrogens is 446 g/mol. The van der Waals surface area contributed by atoms with Gasteiger partial charge in [-0.05, 0) is 60.7 Å². The van der Waals surface area contributed by atoms with Gasteiger partial charge in [0.05, 0.1) is 12.0 Å². The number of hydrogen-bond acceptors (Lipinski definition) is 6. The molecule has 2 aromatic carbocycles. The lowest BCUT2D eigenvalue weighted by Gasteiger charge is -2.10. The zero-order valence-electron chi connectivity index (χ0n) is 16.8. The summed E-state index contributed by atoms with van der Waals surface area (Å²) in [5.41, 5.74) is 4.26. The number of hydrazone groups is 1. The summed E-state index contributed by atoms with van der Waals surface area (Å²) in [6.45, 7) is 0. The van der Waals surface area contributed by atoms with Crippen molar-refractivity contribution in [2.45, 2.75) is 5.16 Å². The zero-order chi connectivity index (χ0) is 22.2. The molecule has 4 rings (SSSR count). The van der Waals surface area contributed by atoms with Crippen molar-refractivity contribution in [3.63, 3.8) is 0 Å². The van der Waals surface area contributed by atoms with Gasteiger partial charge in [-0.1, -0.05) is 41.6 Å². The van der Waals surface area contributed by atoms with E-state index in [4.69, 9.17) is 16.0 Å². The summed E-state index contributed by atoms with van der Waals surface area (Å²) in [4.78, 5) is 12.2. The second-order valence-electron chi connectivity index (χ2n) is 6.46. The molecular formula is C23H18ClN5O2S. The number of nitrogens with one attached hydrogen (secondary N) is 1. The van der Waals surface area contributed by atoms with Gasteiger partial charge in [0.15, 0.2) is 11.0 Å². The highest BCUT2D eigenvalue weighted by molar-refractivity contribution is 7.99. The van der Waals surface area contributed by atoms with Gasteiger partial charge < -0.3 is 4.42 Å². The molecule has 1 N–H and O–H groups in total. The molecule has 0 spiro atoms. The first kappa shape index (κ1) is 21.6. The number of amides is 1. The van der Waals surface area contributed by atoms with Crippen molar-refractivity contribution in [2.75, 3.05) is 5.75 Å². The molecule has 9 heteroatoms. The fourth-order valence-corrected chi connectivity index (χ4v) is 3.67. The van der Waals surface area contributed by atoms with E-state index < -0.39 is 0 Å². The Morgan fingerprint density at radius 1 is 1.09 bits per heavy atom. The molecule has 0 radical (unpaired) electrons. The second-order valence-corrected chi connectivity index (χ2v) is 7.84. The van der Waals surface area contributed by atoms with Gasteiger partial charge in [-0.2, -0.15) is 5.10 Å². The molecule has 0 fully saturated rings. The lowest BCUT2D eigenvalue weighted by Crippen LogP contribution is -2.19. The molecule has 0 saturated heterocycles. The molecule has 7 nitrogen and oxygen atoms in total. The Hall–Kier alpha value is -3.62. The number of allylic oxidation sites excluding steroid dienone is 1. The van der Waals surface area contributed by atoms with E-state index in [1.54, 1.807) is 36.6 Å². The highest BCUT2D eigenvalue weighted by Gasteiger charge is 2.17. The van der Waals surface area contributed by atoms with Crippen molar-refractivity contribution in [3.05, 3.63) is 89.9 Å². The van der Waals surface area contributed by atoms with E-state index >= 15 is 0 Å². The van der Waals surface area contributed by atoms with Crippen LogP contribution in [0.5, 0.6) is 0 Å². The van der Waals surface area contributed by atoms with E-state index in [1.807, 2.05) is 53.1 Å². The molecule has 0 unspecified atom stereocenters. The third-order valence-corrected chi connectivity index (χ3v) is 5.42. The Labute approximate surface area is 193 Å². The minimum absolute atomic E-state index is 0.130. The average molecular weight is 464 g/mol. The van der Waals surface area contributed by atoms with Gasteiger partial charge in [0.1, 0.15) is 5.76 Å². The van der Waals surface area contributed by atoms with E-state index in [1.165, 1.54) is 18.0 Å². The SMILES string of the molecule is O=C(CSc1nnc(-c2ccc(Cl)cc2)n1-c1ccccc1)N/N=C\C=C\c1ccco1. The van der Waals surface area contributed by atoms with Crippen LogP contribution in [0, 0.1) is 0 Å².